The van der Waals surface area contributed by atoms with Crippen molar-refractivity contribution >= 4 is 28.9 Å². The molecule has 4 nitrogen and oxygen atoms in total. The van der Waals surface area contributed by atoms with Crippen LogP contribution in [0, 0.1) is 5.82 Å². The molecule has 25 heavy (non-hydrogen) atoms. The highest BCUT2D eigenvalue weighted by atomic mass is 35.5. The lowest BCUT2D eigenvalue weighted by Crippen LogP contribution is -2.12. The van der Waals surface area contributed by atoms with Crippen molar-refractivity contribution in [3.05, 3.63) is 89.0 Å². The number of carbonyl (C=O) groups is 1. The second-order valence-electron chi connectivity index (χ2n) is 5.37. The lowest BCUT2D eigenvalue weighted by atomic mass is 10.2. The summed E-state index contributed by atoms with van der Waals surface area (Å²) < 4.78 is 12.9. The van der Waals surface area contributed by atoms with Crippen LogP contribution in [0.1, 0.15) is 15.9 Å². The predicted octanol–water partition coefficient (Wildman–Crippen LogP) is 4.74. The largest absolute Gasteiger partial charge is 0.380 e. The van der Waals surface area contributed by atoms with Crippen LogP contribution in [-0.2, 0) is 6.54 Å². The molecule has 0 spiro atoms. The number of halogens is 2. The summed E-state index contributed by atoms with van der Waals surface area (Å²) in [6.07, 6.45) is 3.10. The molecule has 2 aromatic carbocycles. The molecular weight excluding hydrogens is 341 g/mol. The van der Waals surface area contributed by atoms with Crippen LogP contribution in [-0.4, -0.2) is 10.9 Å². The van der Waals surface area contributed by atoms with Gasteiger partial charge in [-0.2, -0.15) is 0 Å². The van der Waals surface area contributed by atoms with Crippen molar-refractivity contribution in [2.45, 2.75) is 6.54 Å². The fourth-order valence-corrected chi connectivity index (χ4v) is 2.44. The Labute approximate surface area is 149 Å². The topological polar surface area (TPSA) is 54.0 Å². The number of amides is 1. The SMILES string of the molecule is O=C(Nc1ccc(F)cc1)c1cncc(NCc2ccccc2Cl)c1. The molecule has 0 unspecified atom stereocenters. The summed E-state index contributed by atoms with van der Waals surface area (Å²) in [5.41, 5.74) is 2.56. The third-order valence-electron chi connectivity index (χ3n) is 3.54. The standard InChI is InChI=1S/C19H15ClFN3O/c20-18-4-2-1-3-13(18)11-23-17-9-14(10-22-12-17)19(25)24-16-7-5-15(21)6-8-16/h1-10,12,23H,11H2,(H,24,25). The van der Waals surface area contributed by atoms with Crippen molar-refractivity contribution in [1.29, 1.82) is 0 Å². The van der Waals surface area contributed by atoms with Crippen molar-refractivity contribution in [3.63, 3.8) is 0 Å². The van der Waals surface area contributed by atoms with E-state index in [1.807, 2.05) is 24.3 Å². The van der Waals surface area contributed by atoms with E-state index in [1.165, 1.54) is 30.5 Å². The van der Waals surface area contributed by atoms with E-state index in [9.17, 15) is 9.18 Å². The van der Waals surface area contributed by atoms with Gasteiger partial charge in [-0.25, -0.2) is 4.39 Å². The van der Waals surface area contributed by atoms with Gasteiger partial charge >= 0.3 is 0 Å². The molecule has 1 amide bonds. The minimum absolute atomic E-state index is 0.319. The molecule has 3 aromatic rings. The maximum atomic E-state index is 12.9. The summed E-state index contributed by atoms with van der Waals surface area (Å²) in [6.45, 7) is 0.518. The zero-order valence-electron chi connectivity index (χ0n) is 13.2. The Morgan fingerprint density at radius 1 is 1.04 bits per heavy atom. The first kappa shape index (κ1) is 16.9. The smallest absolute Gasteiger partial charge is 0.257 e. The minimum Gasteiger partial charge on any atom is -0.380 e. The van der Waals surface area contributed by atoms with E-state index < -0.39 is 0 Å². The van der Waals surface area contributed by atoms with Crippen LogP contribution in [0.25, 0.3) is 0 Å². The van der Waals surface area contributed by atoms with E-state index in [-0.39, 0.29) is 11.7 Å². The molecule has 6 heteroatoms. The molecule has 1 heterocycles. The normalized spacial score (nSPS) is 10.3. The zero-order valence-corrected chi connectivity index (χ0v) is 13.9. The van der Waals surface area contributed by atoms with E-state index >= 15 is 0 Å². The molecule has 126 valence electrons. The minimum atomic E-state index is -0.356. The number of nitrogens with zero attached hydrogens (tertiary/aromatic N) is 1. The molecule has 3 rings (SSSR count). The molecule has 0 saturated heterocycles. The Morgan fingerprint density at radius 3 is 2.56 bits per heavy atom. The Hall–Kier alpha value is -2.92. The van der Waals surface area contributed by atoms with Crippen LogP contribution >= 0.6 is 11.6 Å². The van der Waals surface area contributed by atoms with Gasteiger partial charge in [-0.1, -0.05) is 29.8 Å². The molecular formula is C19H15ClFN3O. The average Bonchev–Trinajstić information content (AvgIpc) is 2.63. The molecule has 2 N–H and O–H groups in total. The number of hydrogen-bond donors (Lipinski definition) is 2. The van der Waals surface area contributed by atoms with Crippen molar-refractivity contribution in [2.24, 2.45) is 0 Å². The quantitative estimate of drug-likeness (QED) is 0.695. The van der Waals surface area contributed by atoms with Crippen molar-refractivity contribution in [3.8, 4) is 0 Å². The fourth-order valence-electron chi connectivity index (χ4n) is 2.24. The first-order valence-corrected chi connectivity index (χ1v) is 7.99. The Bertz CT molecular complexity index is 884. The molecule has 1 aromatic heterocycles. The number of pyridine rings is 1. The van der Waals surface area contributed by atoms with E-state index in [0.717, 1.165) is 5.56 Å². The maximum Gasteiger partial charge on any atom is 0.257 e. The number of anilines is 2. The highest BCUT2D eigenvalue weighted by Gasteiger charge is 2.08. The van der Waals surface area contributed by atoms with E-state index in [2.05, 4.69) is 15.6 Å². The van der Waals surface area contributed by atoms with Gasteiger partial charge in [0.15, 0.2) is 0 Å². The van der Waals surface area contributed by atoms with Gasteiger partial charge < -0.3 is 10.6 Å². The summed E-state index contributed by atoms with van der Waals surface area (Å²) >= 11 is 6.13. The van der Waals surface area contributed by atoms with Gasteiger partial charge in [-0.15, -0.1) is 0 Å². The molecule has 0 radical (unpaired) electrons. The van der Waals surface area contributed by atoms with E-state index in [0.29, 0.717) is 28.5 Å². The van der Waals surface area contributed by atoms with Gasteiger partial charge in [0.2, 0.25) is 0 Å². The molecule has 0 fully saturated rings. The molecule has 0 bridgehead atoms. The number of nitrogens with one attached hydrogen (secondary N) is 2. The molecule has 0 atom stereocenters. The summed E-state index contributed by atoms with van der Waals surface area (Å²) in [4.78, 5) is 16.4. The van der Waals surface area contributed by atoms with Gasteiger partial charge in [0, 0.05) is 29.6 Å². The fraction of sp³-hybridized carbons (Fsp3) is 0.0526. The van der Waals surface area contributed by atoms with Crippen LogP contribution in [0.2, 0.25) is 5.02 Å². The predicted molar refractivity (Wildman–Crippen MR) is 97.4 cm³/mol. The molecule has 0 aliphatic carbocycles. The van der Waals surface area contributed by atoms with Crippen LogP contribution < -0.4 is 10.6 Å². The van der Waals surface area contributed by atoms with Crippen LogP contribution in [0.5, 0.6) is 0 Å². The van der Waals surface area contributed by atoms with Gasteiger partial charge in [-0.05, 0) is 42.0 Å². The number of aromatic nitrogens is 1. The van der Waals surface area contributed by atoms with Crippen molar-refractivity contribution < 1.29 is 9.18 Å². The van der Waals surface area contributed by atoms with Gasteiger partial charge in [0.25, 0.3) is 5.91 Å². The van der Waals surface area contributed by atoms with Crippen LogP contribution in [0.15, 0.2) is 67.0 Å². The van der Waals surface area contributed by atoms with Crippen LogP contribution in [0.4, 0.5) is 15.8 Å². The van der Waals surface area contributed by atoms with Crippen molar-refractivity contribution in [2.75, 3.05) is 10.6 Å². The highest BCUT2D eigenvalue weighted by Crippen LogP contribution is 2.18. The first-order chi connectivity index (χ1) is 12.1. The number of rotatable bonds is 5. The van der Waals surface area contributed by atoms with Crippen LogP contribution in [0.3, 0.4) is 0 Å². The third-order valence-corrected chi connectivity index (χ3v) is 3.91. The lowest BCUT2D eigenvalue weighted by molar-refractivity contribution is 0.102. The Kier molecular flexibility index (Phi) is 5.26. The number of hydrogen-bond acceptors (Lipinski definition) is 3. The third kappa shape index (κ3) is 4.55. The second-order valence-corrected chi connectivity index (χ2v) is 5.78. The zero-order chi connectivity index (χ0) is 17.6. The summed E-state index contributed by atoms with van der Waals surface area (Å²) in [5, 5.41) is 6.57. The van der Waals surface area contributed by atoms with Crippen molar-refractivity contribution in [1.82, 2.24) is 4.98 Å². The lowest BCUT2D eigenvalue weighted by Gasteiger charge is -2.09. The van der Waals surface area contributed by atoms with Gasteiger partial charge in [0.1, 0.15) is 5.82 Å². The maximum absolute atomic E-state index is 12.9. The van der Waals surface area contributed by atoms with E-state index in [4.69, 9.17) is 11.6 Å². The van der Waals surface area contributed by atoms with E-state index in [1.54, 1.807) is 12.3 Å². The highest BCUT2D eigenvalue weighted by molar-refractivity contribution is 6.31. The first-order valence-electron chi connectivity index (χ1n) is 7.61. The number of benzene rings is 2. The van der Waals surface area contributed by atoms with Gasteiger partial charge in [-0.3, -0.25) is 9.78 Å². The monoisotopic (exact) mass is 355 g/mol. The van der Waals surface area contributed by atoms with Gasteiger partial charge in [0.05, 0.1) is 11.3 Å². The summed E-state index contributed by atoms with van der Waals surface area (Å²) in [6, 6.07) is 14.8. The summed E-state index contributed by atoms with van der Waals surface area (Å²) in [7, 11) is 0. The average molecular weight is 356 g/mol. The molecule has 0 aliphatic heterocycles. The number of carbonyl (C=O) groups excluding carboxylic acids is 1. The molecule has 0 aliphatic rings. The second kappa shape index (κ2) is 7.77. The summed E-state index contributed by atoms with van der Waals surface area (Å²) in [5.74, 6) is -0.675. The Morgan fingerprint density at radius 2 is 1.80 bits per heavy atom. The Balaban J connectivity index is 1.67. The molecule has 0 saturated carbocycles.